The molecule has 3 rings (SSSR count). The average molecular weight is 229 g/mol. The van der Waals surface area contributed by atoms with Crippen LogP contribution in [0.5, 0.6) is 0 Å². The maximum absolute atomic E-state index is 4.51. The van der Waals surface area contributed by atoms with Crippen LogP contribution in [-0.4, -0.2) is 26.3 Å². The van der Waals surface area contributed by atoms with Crippen molar-refractivity contribution in [3.8, 4) is 11.5 Å². The molecule has 0 saturated heterocycles. The molecule has 1 atom stereocenters. The van der Waals surface area contributed by atoms with E-state index < -0.39 is 0 Å². The predicted octanol–water partition coefficient (Wildman–Crippen LogP) is 1.31. The summed E-state index contributed by atoms with van der Waals surface area (Å²) in [6.45, 7) is 5.88. The second kappa shape index (κ2) is 3.92. The van der Waals surface area contributed by atoms with Crippen molar-refractivity contribution in [1.82, 2.24) is 25.1 Å². The minimum atomic E-state index is 0.367. The Morgan fingerprint density at radius 1 is 1.35 bits per heavy atom. The summed E-state index contributed by atoms with van der Waals surface area (Å²) in [5, 5.41) is 11.8. The zero-order chi connectivity index (χ0) is 11.8. The molecule has 1 unspecified atom stereocenters. The van der Waals surface area contributed by atoms with Gasteiger partial charge in [0.2, 0.25) is 0 Å². The van der Waals surface area contributed by atoms with E-state index in [1.165, 1.54) is 0 Å². The van der Waals surface area contributed by atoms with Crippen molar-refractivity contribution in [2.45, 2.75) is 26.4 Å². The van der Waals surface area contributed by atoms with Crippen molar-refractivity contribution >= 4 is 0 Å². The van der Waals surface area contributed by atoms with E-state index in [9.17, 15) is 0 Å². The molecule has 0 bridgehead atoms. The van der Waals surface area contributed by atoms with Gasteiger partial charge in [-0.3, -0.25) is 0 Å². The Bertz CT molecular complexity index is 546. The Balaban J connectivity index is 2.13. The number of nitrogens with zero attached hydrogens (tertiary/aromatic N) is 4. The molecule has 0 radical (unpaired) electrons. The van der Waals surface area contributed by atoms with Crippen molar-refractivity contribution in [2.75, 3.05) is 6.54 Å². The number of hydrogen-bond donors (Lipinski definition) is 1. The second-order valence-electron chi connectivity index (χ2n) is 4.45. The molecule has 0 aliphatic carbocycles. The standard InChI is InChI=1S/C12H15N5/c1-8-4-3-5-10(14-8)12-16-15-11-7-13-6-9(2)17(11)12/h3-5,9,13H,6-7H2,1-2H3. The first kappa shape index (κ1) is 10.4. The van der Waals surface area contributed by atoms with E-state index in [2.05, 4.69) is 32.0 Å². The van der Waals surface area contributed by atoms with Gasteiger partial charge in [-0.25, -0.2) is 4.98 Å². The van der Waals surface area contributed by atoms with Crippen LogP contribution in [0.25, 0.3) is 11.5 Å². The molecule has 3 heterocycles. The number of aromatic nitrogens is 4. The molecule has 0 aromatic carbocycles. The molecular formula is C12H15N5. The van der Waals surface area contributed by atoms with Crippen molar-refractivity contribution < 1.29 is 0 Å². The van der Waals surface area contributed by atoms with E-state index >= 15 is 0 Å². The normalized spacial score (nSPS) is 19.1. The molecule has 5 nitrogen and oxygen atoms in total. The zero-order valence-corrected chi connectivity index (χ0v) is 10.0. The zero-order valence-electron chi connectivity index (χ0n) is 10.0. The summed E-state index contributed by atoms with van der Waals surface area (Å²) in [6, 6.07) is 6.34. The van der Waals surface area contributed by atoms with E-state index in [-0.39, 0.29) is 0 Å². The van der Waals surface area contributed by atoms with Gasteiger partial charge in [-0.15, -0.1) is 10.2 Å². The molecule has 0 fully saturated rings. The molecule has 0 amide bonds. The Morgan fingerprint density at radius 2 is 2.24 bits per heavy atom. The van der Waals surface area contributed by atoms with E-state index in [0.717, 1.165) is 36.1 Å². The maximum Gasteiger partial charge on any atom is 0.182 e. The second-order valence-corrected chi connectivity index (χ2v) is 4.45. The lowest BCUT2D eigenvalue weighted by molar-refractivity contribution is 0.424. The molecule has 0 saturated carbocycles. The van der Waals surface area contributed by atoms with Gasteiger partial charge in [0, 0.05) is 18.3 Å². The van der Waals surface area contributed by atoms with E-state index in [4.69, 9.17) is 0 Å². The van der Waals surface area contributed by atoms with Crippen LogP contribution in [0, 0.1) is 6.92 Å². The largest absolute Gasteiger partial charge is 0.308 e. The summed E-state index contributed by atoms with van der Waals surface area (Å²) in [7, 11) is 0. The third-order valence-electron chi connectivity index (χ3n) is 3.05. The van der Waals surface area contributed by atoms with Crippen LogP contribution in [0.1, 0.15) is 24.5 Å². The third-order valence-corrected chi connectivity index (χ3v) is 3.05. The van der Waals surface area contributed by atoms with Gasteiger partial charge >= 0.3 is 0 Å². The lowest BCUT2D eigenvalue weighted by atomic mass is 10.2. The summed E-state index contributed by atoms with van der Waals surface area (Å²) < 4.78 is 2.18. The lowest BCUT2D eigenvalue weighted by Gasteiger charge is -2.23. The van der Waals surface area contributed by atoms with E-state index in [1.54, 1.807) is 0 Å². The van der Waals surface area contributed by atoms with Gasteiger partial charge in [0.05, 0.1) is 6.54 Å². The number of fused-ring (bicyclic) bond motifs is 1. The first-order valence-electron chi connectivity index (χ1n) is 5.84. The molecule has 1 aliphatic heterocycles. The average Bonchev–Trinajstić information content (AvgIpc) is 2.74. The highest BCUT2D eigenvalue weighted by atomic mass is 15.3. The van der Waals surface area contributed by atoms with Crippen molar-refractivity contribution in [1.29, 1.82) is 0 Å². The van der Waals surface area contributed by atoms with Gasteiger partial charge < -0.3 is 9.88 Å². The minimum Gasteiger partial charge on any atom is -0.308 e. The quantitative estimate of drug-likeness (QED) is 0.801. The molecule has 1 N–H and O–H groups in total. The van der Waals surface area contributed by atoms with Gasteiger partial charge in [0.15, 0.2) is 5.82 Å². The van der Waals surface area contributed by atoms with Crippen LogP contribution in [0.3, 0.4) is 0 Å². The fourth-order valence-electron chi connectivity index (χ4n) is 2.23. The van der Waals surface area contributed by atoms with Gasteiger partial charge in [-0.05, 0) is 26.0 Å². The lowest BCUT2D eigenvalue weighted by Crippen LogP contribution is -2.32. The van der Waals surface area contributed by atoms with Crippen LogP contribution in [0.15, 0.2) is 18.2 Å². The van der Waals surface area contributed by atoms with Gasteiger partial charge in [-0.1, -0.05) is 6.07 Å². The molecule has 2 aromatic heterocycles. The number of aryl methyl sites for hydroxylation is 1. The summed E-state index contributed by atoms with van der Waals surface area (Å²) >= 11 is 0. The van der Waals surface area contributed by atoms with Crippen molar-refractivity contribution in [2.24, 2.45) is 0 Å². The first-order valence-corrected chi connectivity index (χ1v) is 5.84. The Kier molecular flexibility index (Phi) is 2.40. The molecule has 0 spiro atoms. The smallest absolute Gasteiger partial charge is 0.182 e. The van der Waals surface area contributed by atoms with Crippen LogP contribution in [-0.2, 0) is 6.54 Å². The van der Waals surface area contributed by atoms with E-state index in [0.29, 0.717) is 6.04 Å². The SMILES string of the molecule is Cc1cccc(-c2nnc3n2C(C)CNC3)n1. The summed E-state index contributed by atoms with van der Waals surface area (Å²) in [6.07, 6.45) is 0. The Morgan fingerprint density at radius 3 is 3.06 bits per heavy atom. The predicted molar refractivity (Wildman–Crippen MR) is 64.4 cm³/mol. The number of hydrogen-bond acceptors (Lipinski definition) is 4. The molecular weight excluding hydrogens is 214 g/mol. The highest BCUT2D eigenvalue weighted by Gasteiger charge is 2.22. The third kappa shape index (κ3) is 1.72. The number of pyridine rings is 1. The van der Waals surface area contributed by atoms with E-state index in [1.807, 2.05) is 25.1 Å². The molecule has 5 heteroatoms. The summed E-state index contributed by atoms with van der Waals surface area (Å²) in [4.78, 5) is 4.51. The Hall–Kier alpha value is -1.75. The fourth-order valence-corrected chi connectivity index (χ4v) is 2.23. The van der Waals surface area contributed by atoms with Crippen LogP contribution in [0.4, 0.5) is 0 Å². The molecule has 2 aromatic rings. The number of rotatable bonds is 1. The van der Waals surface area contributed by atoms with Crippen LogP contribution < -0.4 is 5.32 Å². The van der Waals surface area contributed by atoms with Gasteiger partial charge in [-0.2, -0.15) is 0 Å². The summed E-state index contributed by atoms with van der Waals surface area (Å²) in [5.74, 6) is 1.86. The minimum absolute atomic E-state index is 0.367. The highest BCUT2D eigenvalue weighted by molar-refractivity contribution is 5.50. The molecule has 1 aliphatic rings. The van der Waals surface area contributed by atoms with Gasteiger partial charge in [0.1, 0.15) is 11.5 Å². The monoisotopic (exact) mass is 229 g/mol. The van der Waals surface area contributed by atoms with Crippen molar-refractivity contribution in [3.63, 3.8) is 0 Å². The van der Waals surface area contributed by atoms with Crippen LogP contribution >= 0.6 is 0 Å². The topological polar surface area (TPSA) is 55.6 Å². The Labute approximate surface area is 99.9 Å². The maximum atomic E-state index is 4.51. The van der Waals surface area contributed by atoms with Gasteiger partial charge in [0.25, 0.3) is 0 Å². The first-order chi connectivity index (χ1) is 8.25. The highest BCUT2D eigenvalue weighted by Crippen LogP contribution is 2.23. The summed E-state index contributed by atoms with van der Waals surface area (Å²) in [5.41, 5.74) is 1.90. The molecule has 17 heavy (non-hydrogen) atoms. The molecule has 88 valence electrons. The fraction of sp³-hybridized carbons (Fsp3) is 0.417. The van der Waals surface area contributed by atoms with Crippen LogP contribution in [0.2, 0.25) is 0 Å². The number of nitrogens with one attached hydrogen (secondary N) is 1. The van der Waals surface area contributed by atoms with Crippen molar-refractivity contribution in [3.05, 3.63) is 29.7 Å².